The maximum atomic E-state index is 11.6. The molecule has 0 fully saturated rings. The molecule has 50 heavy (non-hydrogen) atoms. The standard InChI is InChI=1S/C34H38N4O6.2C3H6/c1-15-21(7-9-31(41)42)27-14-28-22(8-10-32(43)44)16(2)24(36-28)12-29-34(20(6)40)18(4)26(38-29)13-30-33(19(5)39)17(3)25(37-30)11-23(15)35-27;2*1-3-2/h11-14,19-20,37-40H,7-10H2,1-6H3,(H,41,42)(H,43,44);2*3H,1H2,2H3. The molecule has 2 aliphatic rings. The SMILES string of the molecule is C=CC.C=CC.CC1=C(CCC(=O)O)c2cc3nc(cc4[nH]c(cc5[nH]c(cc1n2)c(C)c5C(C)O)c(C)c4C(C)O)C(C)=C3CCC(=O)O. The largest absolute Gasteiger partial charge is 0.481 e. The number of aryl methyl sites for hydroxylation is 2. The molecule has 3 aromatic rings. The van der Waals surface area contributed by atoms with Crippen molar-refractivity contribution < 1.29 is 30.0 Å². The van der Waals surface area contributed by atoms with Gasteiger partial charge < -0.3 is 30.4 Å². The van der Waals surface area contributed by atoms with Crippen LogP contribution in [0.15, 0.2) is 49.6 Å². The van der Waals surface area contributed by atoms with Crippen molar-refractivity contribution in [3.05, 3.63) is 94.6 Å². The molecule has 2 aliphatic heterocycles. The lowest BCUT2D eigenvalue weighted by molar-refractivity contribution is -0.137. The molecule has 6 N–H and O–H groups in total. The number of aliphatic hydroxyl groups is 2. The van der Waals surface area contributed by atoms with Crippen molar-refractivity contribution in [2.45, 2.75) is 93.3 Å². The second-order valence-corrected chi connectivity index (χ2v) is 12.5. The minimum absolute atomic E-state index is 0.0750. The van der Waals surface area contributed by atoms with E-state index in [-0.39, 0.29) is 25.7 Å². The first-order valence-corrected chi connectivity index (χ1v) is 16.7. The van der Waals surface area contributed by atoms with Crippen LogP contribution < -0.4 is 0 Å². The molecule has 10 heteroatoms. The predicted molar refractivity (Wildman–Crippen MR) is 202 cm³/mol. The van der Waals surface area contributed by atoms with Gasteiger partial charge in [0.2, 0.25) is 0 Å². The highest BCUT2D eigenvalue weighted by Gasteiger charge is 2.23. The van der Waals surface area contributed by atoms with Crippen LogP contribution in [-0.2, 0) is 9.59 Å². The lowest BCUT2D eigenvalue weighted by Gasteiger charge is -2.05. The summed E-state index contributed by atoms with van der Waals surface area (Å²) >= 11 is 0. The molecule has 0 spiro atoms. The van der Waals surface area contributed by atoms with Crippen molar-refractivity contribution in [1.29, 1.82) is 0 Å². The van der Waals surface area contributed by atoms with Crippen molar-refractivity contribution in [2.24, 2.45) is 0 Å². The molecule has 5 rings (SSSR count). The summed E-state index contributed by atoms with van der Waals surface area (Å²) in [5.74, 6) is -1.84. The number of carboxylic acid groups (broad SMARTS) is 2. The summed E-state index contributed by atoms with van der Waals surface area (Å²) < 4.78 is 0. The van der Waals surface area contributed by atoms with E-state index in [1.807, 2.05) is 65.8 Å². The molecule has 0 radical (unpaired) electrons. The van der Waals surface area contributed by atoms with Crippen LogP contribution in [0, 0.1) is 13.8 Å². The van der Waals surface area contributed by atoms with Crippen LogP contribution in [0.25, 0.3) is 44.4 Å². The highest BCUT2D eigenvalue weighted by atomic mass is 16.4. The zero-order chi connectivity index (χ0) is 37.4. The fourth-order valence-electron chi connectivity index (χ4n) is 6.32. The Bertz CT molecular complexity index is 2020. The van der Waals surface area contributed by atoms with Gasteiger partial charge in [-0.25, -0.2) is 9.97 Å². The lowest BCUT2D eigenvalue weighted by atomic mass is 9.98. The maximum absolute atomic E-state index is 11.6. The number of fused-ring (bicyclic) bond motifs is 8. The minimum atomic E-state index is -0.921. The van der Waals surface area contributed by atoms with Crippen LogP contribution in [0.1, 0.15) is 124 Å². The number of aromatic amines is 2. The molecule has 0 aromatic carbocycles. The number of nitrogens with zero attached hydrogens (tertiary/aromatic N) is 2. The number of H-pyrrole nitrogens is 2. The zero-order valence-corrected chi connectivity index (χ0v) is 30.4. The van der Waals surface area contributed by atoms with Gasteiger partial charge in [-0.1, -0.05) is 12.2 Å². The molecular weight excluding hydrogens is 632 g/mol. The summed E-state index contributed by atoms with van der Waals surface area (Å²) in [6.07, 6.45) is 2.32. The second kappa shape index (κ2) is 17.0. The topological polar surface area (TPSA) is 172 Å². The van der Waals surface area contributed by atoms with Crippen molar-refractivity contribution in [3.63, 3.8) is 0 Å². The van der Waals surface area contributed by atoms with E-state index in [1.54, 1.807) is 26.0 Å². The normalized spacial score (nSPS) is 13.5. The minimum Gasteiger partial charge on any atom is -0.481 e. The third kappa shape index (κ3) is 8.74. The highest BCUT2D eigenvalue weighted by Crippen LogP contribution is 2.38. The van der Waals surface area contributed by atoms with Gasteiger partial charge in [0.15, 0.2) is 0 Å². The number of hydrogen-bond acceptors (Lipinski definition) is 6. The van der Waals surface area contributed by atoms with E-state index in [0.717, 1.165) is 50.0 Å². The van der Waals surface area contributed by atoms with Crippen molar-refractivity contribution in [2.75, 3.05) is 0 Å². The fraction of sp³-hybridized carbons (Fsp3) is 0.350. The van der Waals surface area contributed by atoms with Crippen molar-refractivity contribution in [3.8, 4) is 0 Å². The Labute approximate surface area is 293 Å². The van der Waals surface area contributed by atoms with E-state index in [1.165, 1.54) is 0 Å². The van der Waals surface area contributed by atoms with Gasteiger partial charge in [-0.15, -0.1) is 13.2 Å². The van der Waals surface area contributed by atoms with Gasteiger partial charge in [0.25, 0.3) is 0 Å². The van der Waals surface area contributed by atoms with Gasteiger partial charge >= 0.3 is 11.9 Å². The Morgan fingerprint density at radius 2 is 1.00 bits per heavy atom. The summed E-state index contributed by atoms with van der Waals surface area (Å²) in [6, 6.07) is 7.51. The first-order valence-electron chi connectivity index (χ1n) is 16.7. The fourth-order valence-corrected chi connectivity index (χ4v) is 6.32. The number of aliphatic carboxylic acids is 2. The third-order valence-electron chi connectivity index (χ3n) is 8.65. The summed E-state index contributed by atoms with van der Waals surface area (Å²) in [7, 11) is 0. The van der Waals surface area contributed by atoms with Gasteiger partial charge in [0.05, 0.1) is 35.0 Å². The van der Waals surface area contributed by atoms with E-state index in [9.17, 15) is 30.0 Å². The van der Waals surface area contributed by atoms with Gasteiger partial charge in [0.1, 0.15) is 0 Å². The van der Waals surface area contributed by atoms with Gasteiger partial charge in [-0.2, -0.15) is 0 Å². The molecule has 0 amide bonds. The van der Waals surface area contributed by atoms with Gasteiger partial charge in [-0.05, 0) is 126 Å². The van der Waals surface area contributed by atoms with E-state index >= 15 is 0 Å². The summed E-state index contributed by atoms with van der Waals surface area (Å²) in [5, 5.41) is 40.5. The van der Waals surface area contributed by atoms with Crippen LogP contribution in [-0.4, -0.2) is 52.3 Å². The molecule has 5 heterocycles. The first-order chi connectivity index (χ1) is 23.6. The summed E-state index contributed by atoms with van der Waals surface area (Å²) in [4.78, 5) is 39.8. The molecule has 10 nitrogen and oxygen atoms in total. The van der Waals surface area contributed by atoms with Crippen LogP contribution in [0.2, 0.25) is 0 Å². The Hall–Kier alpha value is -5.06. The van der Waals surface area contributed by atoms with Crippen molar-refractivity contribution >= 4 is 56.3 Å². The summed E-state index contributed by atoms with van der Waals surface area (Å²) in [6.45, 7) is 21.6. The molecule has 0 saturated heterocycles. The van der Waals surface area contributed by atoms with Crippen molar-refractivity contribution in [1.82, 2.24) is 19.9 Å². The Balaban J connectivity index is 0.00000105. The second-order valence-electron chi connectivity index (χ2n) is 12.5. The first kappa shape index (κ1) is 39.4. The number of carbonyl (C=O) groups is 2. The van der Waals surface area contributed by atoms with E-state index in [2.05, 4.69) is 23.1 Å². The monoisotopic (exact) mass is 682 g/mol. The number of hydrogen-bond donors (Lipinski definition) is 6. The molecule has 2 atom stereocenters. The van der Waals surface area contributed by atoms with E-state index < -0.39 is 24.1 Å². The molecule has 3 aromatic heterocycles. The third-order valence-corrected chi connectivity index (χ3v) is 8.65. The molecule has 2 unspecified atom stereocenters. The quantitative estimate of drug-likeness (QED) is 0.128. The Morgan fingerprint density at radius 3 is 1.36 bits per heavy atom. The number of allylic oxidation sites excluding steroid dienone is 6. The lowest BCUT2D eigenvalue weighted by Crippen LogP contribution is -1.97. The van der Waals surface area contributed by atoms with E-state index in [0.29, 0.717) is 39.4 Å². The zero-order valence-electron chi connectivity index (χ0n) is 30.4. The van der Waals surface area contributed by atoms with Crippen LogP contribution in [0.5, 0.6) is 0 Å². The Kier molecular flexibility index (Phi) is 13.4. The van der Waals surface area contributed by atoms with Crippen LogP contribution >= 0.6 is 0 Å². The molecule has 0 saturated carbocycles. The number of rotatable bonds is 8. The van der Waals surface area contributed by atoms with Crippen LogP contribution in [0.3, 0.4) is 0 Å². The number of nitrogens with one attached hydrogen (secondary N) is 2. The number of aliphatic hydroxyl groups excluding tert-OH is 2. The molecule has 266 valence electrons. The average Bonchev–Trinajstić information content (AvgIpc) is 3.69. The smallest absolute Gasteiger partial charge is 0.303 e. The highest BCUT2D eigenvalue weighted by molar-refractivity contribution is 5.96. The number of carboxylic acids is 2. The van der Waals surface area contributed by atoms with E-state index in [4.69, 9.17) is 9.97 Å². The maximum Gasteiger partial charge on any atom is 0.303 e. The van der Waals surface area contributed by atoms with Crippen LogP contribution in [0.4, 0.5) is 0 Å². The van der Waals surface area contributed by atoms with Gasteiger partial charge in [0, 0.05) is 46.0 Å². The predicted octanol–water partition coefficient (Wildman–Crippen LogP) is 9.01. The number of aromatic nitrogens is 4. The average molecular weight is 683 g/mol. The summed E-state index contributed by atoms with van der Waals surface area (Å²) in [5.41, 5.74) is 11.7. The Morgan fingerprint density at radius 1 is 0.660 bits per heavy atom. The molecular formula is C40H50N4O6. The molecule has 0 aliphatic carbocycles. The van der Waals surface area contributed by atoms with Gasteiger partial charge in [-0.3, -0.25) is 9.59 Å². The molecule has 8 bridgehead atoms.